The number of halogens is 2. The first-order valence-electron chi connectivity index (χ1n) is 25.0. The molecule has 382 valence electrons. The first kappa shape index (κ1) is 55.1. The van der Waals surface area contributed by atoms with Crippen LogP contribution >= 0.6 is 24.8 Å². The van der Waals surface area contributed by atoms with Crippen molar-refractivity contribution < 1.29 is 28.8 Å². The summed E-state index contributed by atoms with van der Waals surface area (Å²) in [5, 5.41) is 18.3. The first-order chi connectivity index (χ1) is 33.9. The van der Waals surface area contributed by atoms with Crippen LogP contribution in [0.5, 0.6) is 0 Å². The molecule has 6 N–H and O–H groups in total. The van der Waals surface area contributed by atoms with Crippen LogP contribution in [0.2, 0.25) is 0 Å². The summed E-state index contributed by atoms with van der Waals surface area (Å²) in [6.45, 7) is 4.24. The number of likely N-dealkylation sites (N-methyl/N-ethyl adjacent to an activating group) is 2. The second kappa shape index (κ2) is 25.4. The number of rotatable bonds is 14. The van der Waals surface area contributed by atoms with E-state index < -0.39 is 36.3 Å². The zero-order valence-corrected chi connectivity index (χ0v) is 43.1. The van der Waals surface area contributed by atoms with E-state index in [4.69, 9.17) is 0 Å². The molecule has 2 fully saturated rings. The number of amides is 6. The van der Waals surface area contributed by atoms with Gasteiger partial charge in [-0.3, -0.25) is 28.8 Å². The molecule has 2 aliphatic heterocycles. The summed E-state index contributed by atoms with van der Waals surface area (Å²) in [6, 6.07) is 25.9. The van der Waals surface area contributed by atoms with Gasteiger partial charge in [-0.25, -0.2) is 0 Å². The van der Waals surface area contributed by atoms with Crippen LogP contribution in [0.1, 0.15) is 134 Å². The van der Waals surface area contributed by atoms with Gasteiger partial charge in [0.05, 0.1) is 24.2 Å². The Morgan fingerprint density at radius 1 is 0.514 bits per heavy atom. The van der Waals surface area contributed by atoms with Gasteiger partial charge in [-0.05, 0) is 150 Å². The van der Waals surface area contributed by atoms with Crippen molar-refractivity contribution in [3.8, 4) is 11.8 Å². The smallest absolute Gasteiger partial charge is 0.250 e. The number of hydrogen-bond donors (Lipinski definition) is 6. The van der Waals surface area contributed by atoms with Gasteiger partial charge in [0.1, 0.15) is 24.2 Å². The van der Waals surface area contributed by atoms with Crippen molar-refractivity contribution in [3.05, 3.63) is 142 Å². The number of benzene rings is 4. The fourth-order valence-corrected chi connectivity index (χ4v) is 10.3. The first-order valence-corrected chi connectivity index (χ1v) is 25.0. The molecule has 8 rings (SSSR count). The molecule has 2 heterocycles. The third-order valence-corrected chi connectivity index (χ3v) is 14.6. The Kier molecular flexibility index (Phi) is 19.4. The van der Waals surface area contributed by atoms with E-state index in [9.17, 15) is 28.8 Å². The van der Waals surface area contributed by atoms with Crippen LogP contribution in [-0.4, -0.2) is 96.6 Å². The van der Waals surface area contributed by atoms with Gasteiger partial charge in [0.15, 0.2) is 0 Å². The Labute approximate surface area is 435 Å². The van der Waals surface area contributed by atoms with Gasteiger partial charge in [0.2, 0.25) is 35.4 Å². The van der Waals surface area contributed by atoms with E-state index in [-0.39, 0.29) is 72.3 Å². The molecule has 0 radical (unpaired) electrons. The maximum atomic E-state index is 14.5. The van der Waals surface area contributed by atoms with E-state index in [1.165, 1.54) is 11.1 Å². The van der Waals surface area contributed by atoms with Crippen molar-refractivity contribution in [1.82, 2.24) is 41.7 Å². The minimum atomic E-state index is -1.03. The number of carbonyl (C=O) groups is 6. The lowest BCUT2D eigenvalue weighted by Gasteiger charge is -2.32. The van der Waals surface area contributed by atoms with Gasteiger partial charge in [0, 0.05) is 24.2 Å². The lowest BCUT2D eigenvalue weighted by molar-refractivity contribution is -0.142. The molecule has 16 heteroatoms. The molecule has 2 unspecified atom stereocenters. The zero-order chi connectivity index (χ0) is 49.3. The minimum Gasteiger partial charge on any atom is -0.347 e. The van der Waals surface area contributed by atoms with Crippen molar-refractivity contribution >= 4 is 60.3 Å². The van der Waals surface area contributed by atoms with Crippen molar-refractivity contribution in [3.63, 3.8) is 0 Å². The zero-order valence-electron chi connectivity index (χ0n) is 41.5. The SMILES string of the molecule is CN[C@@H](C)C(=O)N[C@H](C(=O)N1CCC[C@H]1C(=O)NC1CCCc2ccccc21)c1ccc(C#Cc2ccc([C@H](NC(=O)[C@@H](C)NC)C(=O)N3CCC[C@H]3C(=O)NC3CCCc4ccccc43)cc2)cc1.Cl.Cl. The molecule has 4 aromatic rings. The summed E-state index contributed by atoms with van der Waals surface area (Å²) in [7, 11) is 3.35. The summed E-state index contributed by atoms with van der Waals surface area (Å²) < 4.78 is 0. The molecule has 0 aromatic heterocycles. The summed E-state index contributed by atoms with van der Waals surface area (Å²) in [5.74, 6) is 4.61. The molecule has 8 atom stereocenters. The van der Waals surface area contributed by atoms with Crippen LogP contribution in [0, 0.1) is 11.8 Å². The number of aryl methyl sites for hydroxylation is 2. The molecule has 2 aliphatic carbocycles. The highest BCUT2D eigenvalue weighted by molar-refractivity contribution is 5.95. The van der Waals surface area contributed by atoms with Gasteiger partial charge in [0.25, 0.3) is 0 Å². The maximum absolute atomic E-state index is 14.5. The van der Waals surface area contributed by atoms with Crippen molar-refractivity contribution in [1.29, 1.82) is 0 Å². The molecule has 6 amide bonds. The van der Waals surface area contributed by atoms with E-state index in [1.807, 2.05) is 24.3 Å². The molecule has 4 aromatic carbocycles. The van der Waals surface area contributed by atoms with E-state index in [1.54, 1.807) is 86.3 Å². The van der Waals surface area contributed by atoms with Crippen LogP contribution in [-0.2, 0) is 41.6 Å². The van der Waals surface area contributed by atoms with Gasteiger partial charge < -0.3 is 41.7 Å². The number of nitrogens with one attached hydrogen (secondary N) is 6. The average molecular weight is 1020 g/mol. The molecule has 72 heavy (non-hydrogen) atoms. The molecule has 0 bridgehead atoms. The van der Waals surface area contributed by atoms with Gasteiger partial charge >= 0.3 is 0 Å². The van der Waals surface area contributed by atoms with Gasteiger partial charge in [-0.2, -0.15) is 0 Å². The molecule has 2 saturated heterocycles. The van der Waals surface area contributed by atoms with Crippen LogP contribution in [0.25, 0.3) is 0 Å². The highest BCUT2D eigenvalue weighted by Gasteiger charge is 2.41. The third kappa shape index (κ3) is 12.7. The molecule has 4 aliphatic rings. The number of hydrogen-bond acceptors (Lipinski definition) is 8. The number of carbonyl (C=O) groups excluding carboxylic acids is 6. The third-order valence-electron chi connectivity index (χ3n) is 14.6. The Balaban J connectivity index is 0.00000423. The Morgan fingerprint density at radius 2 is 0.889 bits per heavy atom. The summed E-state index contributed by atoms with van der Waals surface area (Å²) >= 11 is 0. The Hall–Kier alpha value is -6.24. The highest BCUT2D eigenvalue weighted by Crippen LogP contribution is 2.33. The lowest BCUT2D eigenvalue weighted by atomic mass is 9.87. The Bertz CT molecular complexity index is 2460. The standard InChI is InChI=1S/C56H66N8O6.2ClH/c1-35(57-3)51(65)61-49(55(69)63-33-11-21-47(63)53(67)59-45-19-9-15-39-13-5-7-17-43(39)45)41-29-25-37(26-30-41)23-24-38-27-31-42(32-28-38)50(62-52(66)36(2)58-4)56(70)64-34-12-22-48(64)54(68)60-46-20-10-16-40-14-6-8-18-44(40)46;;/h5-8,13-14,17-18,25-32,35-36,45-50,57-58H,9-12,15-16,19-22,33-34H2,1-4H3,(H,59,67)(H,60,68)(H,61,65)(H,62,66);2*1H/t35-,36+,45?,46?,47-,48-,49-,50-;;/m0../s1. The highest BCUT2D eigenvalue weighted by atomic mass is 35.5. The molecule has 14 nitrogen and oxygen atoms in total. The fraction of sp³-hybridized carbons (Fsp3) is 0.429. The second-order valence-electron chi connectivity index (χ2n) is 19.1. The normalized spacial score (nSPS) is 20.5. The monoisotopic (exact) mass is 1020 g/mol. The number of nitrogens with zero attached hydrogens (tertiary/aromatic N) is 2. The van der Waals surface area contributed by atoms with E-state index in [0.717, 1.165) is 49.7 Å². The lowest BCUT2D eigenvalue weighted by Crippen LogP contribution is -2.52. The number of likely N-dealkylation sites (tertiary alicyclic amines) is 2. The van der Waals surface area contributed by atoms with Crippen LogP contribution in [0.3, 0.4) is 0 Å². The second-order valence-corrected chi connectivity index (χ2v) is 19.1. The summed E-state index contributed by atoms with van der Waals surface area (Å²) in [4.78, 5) is 86.5. The van der Waals surface area contributed by atoms with Gasteiger partial charge in [-0.15, -0.1) is 24.8 Å². The minimum absolute atomic E-state index is 0. The topological polar surface area (TPSA) is 181 Å². The summed E-state index contributed by atoms with van der Waals surface area (Å²) in [6.07, 6.45) is 7.97. The average Bonchev–Trinajstić information content (AvgIpc) is 4.10. The molecule has 0 spiro atoms. The van der Waals surface area contributed by atoms with Crippen molar-refractivity contribution in [2.45, 2.75) is 126 Å². The predicted molar refractivity (Wildman–Crippen MR) is 282 cm³/mol. The number of fused-ring (bicyclic) bond motifs is 2. The Morgan fingerprint density at radius 3 is 1.26 bits per heavy atom. The van der Waals surface area contributed by atoms with Crippen LogP contribution < -0.4 is 31.9 Å². The van der Waals surface area contributed by atoms with Crippen LogP contribution in [0.15, 0.2) is 97.1 Å². The quantitative estimate of drug-likeness (QED) is 0.0855. The largest absolute Gasteiger partial charge is 0.347 e. The van der Waals surface area contributed by atoms with Crippen molar-refractivity contribution in [2.75, 3.05) is 27.2 Å². The van der Waals surface area contributed by atoms with Gasteiger partial charge in [-0.1, -0.05) is 84.6 Å². The summed E-state index contributed by atoms with van der Waals surface area (Å²) in [5.41, 5.74) is 7.18. The van der Waals surface area contributed by atoms with Crippen molar-refractivity contribution in [2.24, 2.45) is 0 Å². The molecule has 0 saturated carbocycles. The van der Waals surface area contributed by atoms with Crippen LogP contribution in [0.4, 0.5) is 0 Å². The fourth-order valence-electron chi connectivity index (χ4n) is 10.3. The molecular formula is C56H68Cl2N8O6. The van der Waals surface area contributed by atoms with E-state index >= 15 is 0 Å². The predicted octanol–water partition coefficient (Wildman–Crippen LogP) is 5.83. The maximum Gasteiger partial charge on any atom is 0.250 e. The van der Waals surface area contributed by atoms with E-state index in [0.29, 0.717) is 61.0 Å². The van der Waals surface area contributed by atoms with E-state index in [2.05, 4.69) is 68.0 Å². The molecular weight excluding hydrogens is 952 g/mol.